The van der Waals surface area contributed by atoms with E-state index in [9.17, 15) is 4.79 Å². The van der Waals surface area contributed by atoms with Crippen molar-refractivity contribution in [3.63, 3.8) is 0 Å². The van der Waals surface area contributed by atoms with Gasteiger partial charge in [-0.1, -0.05) is 6.07 Å². The normalized spacial score (nSPS) is 21.7. The summed E-state index contributed by atoms with van der Waals surface area (Å²) in [4.78, 5) is 16.9. The van der Waals surface area contributed by atoms with Crippen molar-refractivity contribution in [2.45, 2.75) is 32.1 Å². The number of rotatable bonds is 3. The van der Waals surface area contributed by atoms with Crippen LogP contribution in [0.2, 0.25) is 0 Å². The quantitative estimate of drug-likeness (QED) is 0.852. The number of aryl methyl sites for hydroxylation is 2. The zero-order valence-corrected chi connectivity index (χ0v) is 13.3. The Balaban J connectivity index is 1.68. The maximum absolute atomic E-state index is 12.7. The van der Waals surface area contributed by atoms with Crippen LogP contribution in [0.25, 0.3) is 0 Å². The lowest BCUT2D eigenvalue weighted by atomic mass is 9.90. The molecule has 0 radical (unpaired) electrons. The van der Waals surface area contributed by atoms with E-state index in [4.69, 9.17) is 0 Å². The summed E-state index contributed by atoms with van der Waals surface area (Å²) in [6.07, 6.45) is 6.00. The van der Waals surface area contributed by atoms with Crippen LogP contribution in [-0.4, -0.2) is 49.4 Å². The zero-order valence-electron chi connectivity index (χ0n) is 13.3. The number of fused-ring (bicyclic) bond motifs is 1. The molecule has 1 aromatic carbocycles. The monoisotopic (exact) mass is 286 g/mol. The predicted octanol–water partition coefficient (Wildman–Crippen LogP) is 2.59. The molecule has 3 heteroatoms. The molecule has 0 spiro atoms. The second kappa shape index (κ2) is 6.18. The molecule has 1 unspecified atom stereocenters. The third-order valence-corrected chi connectivity index (χ3v) is 4.79. The highest BCUT2D eigenvalue weighted by Gasteiger charge is 2.27. The van der Waals surface area contributed by atoms with E-state index in [0.29, 0.717) is 5.92 Å². The van der Waals surface area contributed by atoms with Gasteiger partial charge in [0.15, 0.2) is 0 Å². The van der Waals surface area contributed by atoms with Crippen molar-refractivity contribution < 1.29 is 4.79 Å². The molecule has 1 amide bonds. The zero-order chi connectivity index (χ0) is 14.8. The minimum absolute atomic E-state index is 0.227. The molecule has 0 bridgehead atoms. The summed E-state index contributed by atoms with van der Waals surface area (Å²) in [5, 5.41) is 0. The highest BCUT2D eigenvalue weighted by atomic mass is 16.2. The largest absolute Gasteiger partial charge is 0.338 e. The average Bonchev–Trinajstić information content (AvgIpc) is 2.93. The second-order valence-electron chi connectivity index (χ2n) is 6.86. The molecule has 1 saturated heterocycles. The standard InChI is InChI=1S/C18H26N2O/c1-19(2)12-14-9-10-20(13-14)18(21)17-8-7-15-5-3-4-6-16(15)11-17/h7-8,11,14H,3-6,9-10,12-13H2,1-2H3. The Morgan fingerprint density at radius 2 is 2.00 bits per heavy atom. The first kappa shape index (κ1) is 14.6. The van der Waals surface area contributed by atoms with Crippen LogP contribution in [0.15, 0.2) is 18.2 Å². The van der Waals surface area contributed by atoms with E-state index in [-0.39, 0.29) is 5.91 Å². The van der Waals surface area contributed by atoms with Crippen LogP contribution >= 0.6 is 0 Å². The van der Waals surface area contributed by atoms with Crippen LogP contribution in [0, 0.1) is 5.92 Å². The van der Waals surface area contributed by atoms with Gasteiger partial charge in [-0.15, -0.1) is 0 Å². The van der Waals surface area contributed by atoms with E-state index in [1.807, 2.05) is 11.0 Å². The Bertz CT molecular complexity index is 524. The van der Waals surface area contributed by atoms with E-state index in [1.165, 1.54) is 30.4 Å². The molecule has 3 nitrogen and oxygen atoms in total. The van der Waals surface area contributed by atoms with Gasteiger partial charge in [-0.05, 0) is 75.4 Å². The fourth-order valence-corrected chi connectivity index (χ4v) is 3.73. The second-order valence-corrected chi connectivity index (χ2v) is 6.86. The molecule has 1 aromatic rings. The summed E-state index contributed by atoms with van der Waals surface area (Å²) in [6, 6.07) is 6.36. The van der Waals surface area contributed by atoms with Crippen LogP contribution < -0.4 is 0 Å². The van der Waals surface area contributed by atoms with Crippen LogP contribution in [0.4, 0.5) is 0 Å². The lowest BCUT2D eigenvalue weighted by Gasteiger charge is -2.20. The van der Waals surface area contributed by atoms with E-state index in [0.717, 1.165) is 38.0 Å². The van der Waals surface area contributed by atoms with Gasteiger partial charge in [0.05, 0.1) is 0 Å². The summed E-state index contributed by atoms with van der Waals surface area (Å²) >= 11 is 0. The smallest absolute Gasteiger partial charge is 0.253 e. The van der Waals surface area contributed by atoms with Crippen molar-refractivity contribution in [1.82, 2.24) is 9.80 Å². The fraction of sp³-hybridized carbons (Fsp3) is 0.611. The van der Waals surface area contributed by atoms with Gasteiger partial charge >= 0.3 is 0 Å². The van der Waals surface area contributed by atoms with Crippen molar-refractivity contribution in [2.24, 2.45) is 5.92 Å². The van der Waals surface area contributed by atoms with Crippen molar-refractivity contribution in [3.8, 4) is 0 Å². The van der Waals surface area contributed by atoms with Gasteiger partial charge in [0.1, 0.15) is 0 Å². The van der Waals surface area contributed by atoms with Crippen LogP contribution in [0.3, 0.4) is 0 Å². The van der Waals surface area contributed by atoms with Gasteiger partial charge < -0.3 is 9.80 Å². The van der Waals surface area contributed by atoms with Gasteiger partial charge in [-0.25, -0.2) is 0 Å². The number of hydrogen-bond donors (Lipinski definition) is 0. The number of amides is 1. The first-order valence-electron chi connectivity index (χ1n) is 8.19. The maximum Gasteiger partial charge on any atom is 0.253 e. The molecular formula is C18H26N2O. The molecule has 1 heterocycles. The molecule has 1 atom stereocenters. The molecule has 0 saturated carbocycles. The maximum atomic E-state index is 12.7. The molecular weight excluding hydrogens is 260 g/mol. The number of carbonyl (C=O) groups is 1. The van der Waals surface area contributed by atoms with Gasteiger partial charge in [0.2, 0.25) is 0 Å². The summed E-state index contributed by atoms with van der Waals surface area (Å²) in [5.74, 6) is 0.853. The summed E-state index contributed by atoms with van der Waals surface area (Å²) in [5.41, 5.74) is 3.74. The molecule has 3 rings (SSSR count). The Hall–Kier alpha value is -1.35. The number of likely N-dealkylation sites (tertiary alicyclic amines) is 1. The third-order valence-electron chi connectivity index (χ3n) is 4.79. The van der Waals surface area contributed by atoms with Gasteiger partial charge in [-0.2, -0.15) is 0 Å². The predicted molar refractivity (Wildman–Crippen MR) is 85.6 cm³/mol. The first-order valence-corrected chi connectivity index (χ1v) is 8.19. The molecule has 1 aliphatic carbocycles. The van der Waals surface area contributed by atoms with E-state index in [1.54, 1.807) is 0 Å². The third kappa shape index (κ3) is 3.29. The van der Waals surface area contributed by atoms with Crippen molar-refractivity contribution >= 4 is 5.91 Å². The van der Waals surface area contributed by atoms with Crippen molar-refractivity contribution in [1.29, 1.82) is 0 Å². The molecule has 0 N–H and O–H groups in total. The van der Waals surface area contributed by atoms with Gasteiger partial charge in [-0.3, -0.25) is 4.79 Å². The number of hydrogen-bond acceptors (Lipinski definition) is 2. The SMILES string of the molecule is CN(C)CC1CCN(C(=O)c2ccc3c(c2)CCCC3)C1. The van der Waals surface area contributed by atoms with Crippen LogP contribution in [0.1, 0.15) is 40.7 Å². The Kier molecular flexibility index (Phi) is 4.29. The van der Waals surface area contributed by atoms with Gasteiger partial charge in [0, 0.05) is 25.2 Å². The fourth-order valence-electron chi connectivity index (χ4n) is 3.73. The highest BCUT2D eigenvalue weighted by Crippen LogP contribution is 2.24. The van der Waals surface area contributed by atoms with E-state index < -0.39 is 0 Å². The molecule has 2 aliphatic rings. The number of nitrogens with zero attached hydrogens (tertiary/aromatic N) is 2. The highest BCUT2D eigenvalue weighted by molar-refractivity contribution is 5.94. The topological polar surface area (TPSA) is 23.6 Å². The summed E-state index contributed by atoms with van der Waals surface area (Å²) in [6.45, 7) is 2.90. The number of carbonyl (C=O) groups excluding carboxylic acids is 1. The number of benzene rings is 1. The lowest BCUT2D eigenvalue weighted by molar-refractivity contribution is 0.0785. The minimum Gasteiger partial charge on any atom is -0.338 e. The minimum atomic E-state index is 0.227. The Labute approximate surface area is 127 Å². The Morgan fingerprint density at radius 1 is 1.24 bits per heavy atom. The van der Waals surface area contributed by atoms with Crippen molar-refractivity contribution in [3.05, 3.63) is 34.9 Å². The van der Waals surface area contributed by atoms with Gasteiger partial charge in [0.25, 0.3) is 5.91 Å². The Morgan fingerprint density at radius 3 is 2.76 bits per heavy atom. The first-order chi connectivity index (χ1) is 10.1. The summed E-state index contributed by atoms with van der Waals surface area (Å²) in [7, 11) is 4.21. The van der Waals surface area contributed by atoms with Crippen LogP contribution in [-0.2, 0) is 12.8 Å². The molecule has 0 aromatic heterocycles. The van der Waals surface area contributed by atoms with Crippen LogP contribution in [0.5, 0.6) is 0 Å². The van der Waals surface area contributed by atoms with E-state index >= 15 is 0 Å². The lowest BCUT2D eigenvalue weighted by Crippen LogP contribution is -2.30. The molecule has 21 heavy (non-hydrogen) atoms. The summed E-state index contributed by atoms with van der Waals surface area (Å²) < 4.78 is 0. The average molecular weight is 286 g/mol. The molecule has 1 aliphatic heterocycles. The van der Waals surface area contributed by atoms with Crippen molar-refractivity contribution in [2.75, 3.05) is 33.7 Å². The van der Waals surface area contributed by atoms with E-state index in [2.05, 4.69) is 31.1 Å². The molecule has 114 valence electrons. The molecule has 1 fully saturated rings.